The molecule has 1 aromatic carbocycles. The van der Waals surface area contributed by atoms with Gasteiger partial charge in [-0.3, -0.25) is 4.79 Å². The van der Waals surface area contributed by atoms with Gasteiger partial charge in [-0.05, 0) is 44.6 Å². The summed E-state index contributed by atoms with van der Waals surface area (Å²) in [5.74, 6) is 0.217. The Bertz CT molecular complexity index is 666. The zero-order valence-corrected chi connectivity index (χ0v) is 16.3. The lowest BCUT2D eigenvalue weighted by Gasteiger charge is -2.25. The first-order chi connectivity index (χ1) is 13.0. The van der Waals surface area contributed by atoms with Gasteiger partial charge in [0.05, 0.1) is 11.6 Å². The van der Waals surface area contributed by atoms with E-state index in [1.807, 2.05) is 36.0 Å². The van der Waals surface area contributed by atoms with Gasteiger partial charge in [0.15, 0.2) is 0 Å². The van der Waals surface area contributed by atoms with Crippen molar-refractivity contribution in [3.63, 3.8) is 0 Å². The van der Waals surface area contributed by atoms with Crippen molar-refractivity contribution in [3.8, 4) is 6.07 Å². The van der Waals surface area contributed by atoms with E-state index in [4.69, 9.17) is 5.26 Å². The van der Waals surface area contributed by atoms with E-state index in [1.165, 1.54) is 0 Å². The van der Waals surface area contributed by atoms with E-state index < -0.39 is 0 Å². The van der Waals surface area contributed by atoms with Gasteiger partial charge in [-0.1, -0.05) is 12.1 Å². The van der Waals surface area contributed by atoms with E-state index in [-0.39, 0.29) is 11.9 Å². The van der Waals surface area contributed by atoms with Gasteiger partial charge in [-0.25, -0.2) is 4.79 Å². The minimum atomic E-state index is -0.103. The van der Waals surface area contributed by atoms with Crippen molar-refractivity contribution in [1.29, 1.82) is 5.26 Å². The van der Waals surface area contributed by atoms with Crippen LogP contribution in [0, 0.1) is 11.3 Å². The fourth-order valence-electron chi connectivity index (χ4n) is 3.00. The van der Waals surface area contributed by atoms with E-state index in [0.717, 1.165) is 31.5 Å². The van der Waals surface area contributed by atoms with Crippen LogP contribution in [0.15, 0.2) is 24.3 Å². The van der Waals surface area contributed by atoms with Crippen molar-refractivity contribution in [3.05, 3.63) is 35.4 Å². The summed E-state index contributed by atoms with van der Waals surface area (Å²) in [6.45, 7) is 3.97. The largest absolute Gasteiger partial charge is 0.343 e. The lowest BCUT2D eigenvalue weighted by molar-refractivity contribution is -0.127. The molecule has 1 aromatic rings. The third kappa shape index (κ3) is 6.91. The Morgan fingerprint density at radius 1 is 1.26 bits per heavy atom. The molecule has 146 valence electrons. The molecular formula is C20H29N5O2. The summed E-state index contributed by atoms with van der Waals surface area (Å²) < 4.78 is 0. The number of benzene rings is 1. The molecule has 1 heterocycles. The van der Waals surface area contributed by atoms with E-state index in [9.17, 15) is 9.59 Å². The molecule has 0 spiro atoms. The minimum absolute atomic E-state index is 0.103. The summed E-state index contributed by atoms with van der Waals surface area (Å²) in [7, 11) is 3.95. The number of carbonyl (C=O) groups is 2. The average molecular weight is 371 g/mol. The number of amides is 3. The summed E-state index contributed by atoms with van der Waals surface area (Å²) >= 11 is 0. The fourth-order valence-corrected chi connectivity index (χ4v) is 3.00. The van der Waals surface area contributed by atoms with Crippen LogP contribution in [0.1, 0.15) is 30.4 Å². The van der Waals surface area contributed by atoms with Crippen molar-refractivity contribution in [2.75, 3.05) is 46.8 Å². The Labute approximate surface area is 161 Å². The first-order valence-electron chi connectivity index (χ1n) is 9.44. The SMILES string of the molecule is CN(C)CCN(Cc1ccc(C#N)cc1)C(=O)NCCCN1CCCC1=O. The molecule has 3 amide bonds. The number of nitriles is 1. The number of hydrogen-bond donors (Lipinski definition) is 1. The second-order valence-electron chi connectivity index (χ2n) is 7.10. The van der Waals surface area contributed by atoms with Crippen LogP contribution in [-0.2, 0) is 11.3 Å². The summed E-state index contributed by atoms with van der Waals surface area (Å²) in [6.07, 6.45) is 2.35. The molecule has 27 heavy (non-hydrogen) atoms. The number of likely N-dealkylation sites (N-methyl/N-ethyl adjacent to an activating group) is 1. The molecule has 0 unspecified atom stereocenters. The highest BCUT2D eigenvalue weighted by Gasteiger charge is 2.19. The molecule has 0 bridgehead atoms. The van der Waals surface area contributed by atoms with Crippen LogP contribution in [0.4, 0.5) is 4.79 Å². The minimum Gasteiger partial charge on any atom is -0.343 e. The Morgan fingerprint density at radius 3 is 2.59 bits per heavy atom. The van der Waals surface area contributed by atoms with E-state index in [2.05, 4.69) is 11.4 Å². The molecule has 1 aliphatic rings. The van der Waals surface area contributed by atoms with E-state index in [0.29, 0.717) is 38.2 Å². The predicted molar refractivity (Wildman–Crippen MR) is 104 cm³/mol. The summed E-state index contributed by atoms with van der Waals surface area (Å²) in [6, 6.07) is 9.30. The van der Waals surface area contributed by atoms with Crippen molar-refractivity contribution in [2.45, 2.75) is 25.8 Å². The molecule has 7 heteroatoms. The normalized spacial score (nSPS) is 13.7. The number of carbonyl (C=O) groups excluding carboxylic acids is 2. The van der Waals surface area contributed by atoms with Gasteiger partial charge < -0.3 is 20.0 Å². The predicted octanol–water partition coefficient (Wildman–Crippen LogP) is 1.64. The third-order valence-corrected chi connectivity index (χ3v) is 4.61. The molecule has 0 saturated carbocycles. The quantitative estimate of drug-likeness (QED) is 0.670. The molecule has 1 N–H and O–H groups in total. The van der Waals surface area contributed by atoms with E-state index >= 15 is 0 Å². The molecule has 0 atom stereocenters. The third-order valence-electron chi connectivity index (χ3n) is 4.61. The highest BCUT2D eigenvalue weighted by Crippen LogP contribution is 2.10. The zero-order valence-electron chi connectivity index (χ0n) is 16.3. The van der Waals surface area contributed by atoms with Crippen LogP contribution in [0.5, 0.6) is 0 Å². The van der Waals surface area contributed by atoms with Crippen LogP contribution in [0.2, 0.25) is 0 Å². The molecule has 1 saturated heterocycles. The maximum Gasteiger partial charge on any atom is 0.317 e. The van der Waals surface area contributed by atoms with Gasteiger partial charge >= 0.3 is 6.03 Å². The fraction of sp³-hybridized carbons (Fsp3) is 0.550. The lowest BCUT2D eigenvalue weighted by Crippen LogP contribution is -2.43. The molecule has 2 rings (SSSR count). The van der Waals surface area contributed by atoms with Gasteiger partial charge in [0.2, 0.25) is 5.91 Å². The van der Waals surface area contributed by atoms with Crippen molar-refractivity contribution < 1.29 is 9.59 Å². The Kier molecular flexibility index (Phi) is 8.08. The summed E-state index contributed by atoms with van der Waals surface area (Å²) in [4.78, 5) is 29.9. The van der Waals surface area contributed by atoms with Crippen LogP contribution in [-0.4, -0.2) is 73.5 Å². The average Bonchev–Trinajstić information content (AvgIpc) is 3.07. The van der Waals surface area contributed by atoms with Crippen molar-refractivity contribution >= 4 is 11.9 Å². The van der Waals surface area contributed by atoms with Gasteiger partial charge in [0, 0.05) is 45.7 Å². The van der Waals surface area contributed by atoms with Gasteiger partial charge in [0.25, 0.3) is 0 Å². The Balaban J connectivity index is 1.84. The van der Waals surface area contributed by atoms with Crippen LogP contribution in [0.3, 0.4) is 0 Å². The number of nitrogens with one attached hydrogen (secondary N) is 1. The van der Waals surface area contributed by atoms with E-state index in [1.54, 1.807) is 17.0 Å². The maximum atomic E-state index is 12.6. The monoisotopic (exact) mass is 371 g/mol. The summed E-state index contributed by atoms with van der Waals surface area (Å²) in [5.41, 5.74) is 1.60. The second-order valence-corrected chi connectivity index (χ2v) is 7.10. The highest BCUT2D eigenvalue weighted by atomic mass is 16.2. The van der Waals surface area contributed by atoms with Crippen molar-refractivity contribution in [2.24, 2.45) is 0 Å². The van der Waals surface area contributed by atoms with Crippen molar-refractivity contribution in [1.82, 2.24) is 20.0 Å². The Hall–Kier alpha value is -2.59. The number of hydrogen-bond acceptors (Lipinski definition) is 4. The second kappa shape index (κ2) is 10.5. The molecule has 0 aromatic heterocycles. The number of nitrogens with zero attached hydrogens (tertiary/aromatic N) is 4. The molecular weight excluding hydrogens is 342 g/mol. The number of likely N-dealkylation sites (tertiary alicyclic amines) is 1. The first-order valence-corrected chi connectivity index (χ1v) is 9.44. The standard InChI is InChI=1S/C20H29N5O2/c1-23(2)13-14-25(16-18-8-6-17(15-21)7-9-18)20(27)22-10-4-12-24-11-3-5-19(24)26/h6-9H,3-5,10-14,16H2,1-2H3,(H,22,27). The maximum absolute atomic E-state index is 12.6. The van der Waals surface area contributed by atoms with Gasteiger partial charge in [-0.15, -0.1) is 0 Å². The highest BCUT2D eigenvalue weighted by molar-refractivity contribution is 5.78. The smallest absolute Gasteiger partial charge is 0.317 e. The van der Waals surface area contributed by atoms with Crippen LogP contribution >= 0.6 is 0 Å². The Morgan fingerprint density at radius 2 is 2.00 bits per heavy atom. The number of rotatable bonds is 9. The number of urea groups is 1. The van der Waals surface area contributed by atoms with Crippen LogP contribution < -0.4 is 5.32 Å². The first kappa shape index (κ1) is 20.7. The molecule has 1 fully saturated rings. The molecule has 7 nitrogen and oxygen atoms in total. The molecule has 0 aliphatic carbocycles. The van der Waals surface area contributed by atoms with Gasteiger partial charge in [-0.2, -0.15) is 5.26 Å². The summed E-state index contributed by atoms with van der Waals surface area (Å²) in [5, 5.41) is 11.9. The molecule has 1 aliphatic heterocycles. The molecule has 0 radical (unpaired) electrons. The zero-order chi connectivity index (χ0) is 19.6. The van der Waals surface area contributed by atoms with Crippen LogP contribution in [0.25, 0.3) is 0 Å². The lowest BCUT2D eigenvalue weighted by atomic mass is 10.1. The topological polar surface area (TPSA) is 79.7 Å². The van der Waals surface area contributed by atoms with Gasteiger partial charge in [0.1, 0.15) is 0 Å².